The summed E-state index contributed by atoms with van der Waals surface area (Å²) in [5.41, 5.74) is 1.35. The summed E-state index contributed by atoms with van der Waals surface area (Å²) in [4.78, 5) is 53.6. The number of carboxylic acids is 1. The molecule has 192 valence electrons. The molecular formula is C24H18Cl2N2O7S2. The number of carbonyl (C=O) groups excluding carboxylic acids is 2. The van der Waals surface area contributed by atoms with E-state index in [0.717, 1.165) is 33.6 Å². The number of carbonyl (C=O) groups is 3. The summed E-state index contributed by atoms with van der Waals surface area (Å²) in [6.07, 6.45) is 0. The molecule has 9 nitrogen and oxygen atoms in total. The topological polar surface area (TPSA) is 126 Å². The number of fused-ring (bicyclic) bond motifs is 2. The van der Waals surface area contributed by atoms with Crippen LogP contribution < -0.4 is 14.3 Å². The predicted octanol–water partition coefficient (Wildman–Crippen LogP) is 4.01. The number of aromatic nitrogens is 1. The van der Waals surface area contributed by atoms with Crippen molar-refractivity contribution in [2.24, 2.45) is 5.92 Å². The third-order valence-electron chi connectivity index (χ3n) is 6.15. The molecule has 2 aliphatic heterocycles. The van der Waals surface area contributed by atoms with Gasteiger partial charge in [0.15, 0.2) is 11.5 Å². The number of amides is 2. The smallest absolute Gasteiger partial charge is 0.323 e. The number of hydrogen-bond donors (Lipinski definition) is 2. The Labute approximate surface area is 228 Å². The number of thiazole rings is 1. The van der Waals surface area contributed by atoms with E-state index in [1.54, 1.807) is 36.4 Å². The first-order chi connectivity index (χ1) is 17.7. The lowest BCUT2D eigenvalue weighted by molar-refractivity contribution is -0.149. The molecule has 2 unspecified atom stereocenters. The summed E-state index contributed by atoms with van der Waals surface area (Å²) in [6.45, 7) is -0.567. The zero-order valence-electron chi connectivity index (χ0n) is 19.0. The fraction of sp³-hybridized carbons (Fsp3) is 0.250. The van der Waals surface area contributed by atoms with E-state index in [-0.39, 0.29) is 11.5 Å². The van der Waals surface area contributed by atoms with Crippen LogP contribution in [0.4, 0.5) is 0 Å². The summed E-state index contributed by atoms with van der Waals surface area (Å²) in [7, 11) is 1.47. The molecule has 2 N–H and O–H groups in total. The third-order valence-corrected chi connectivity index (χ3v) is 9.14. The van der Waals surface area contributed by atoms with E-state index in [0.29, 0.717) is 37.0 Å². The van der Waals surface area contributed by atoms with Crippen molar-refractivity contribution in [2.75, 3.05) is 13.7 Å². The number of thioether (sulfide) groups is 1. The molecular weight excluding hydrogens is 563 g/mol. The van der Waals surface area contributed by atoms with Crippen molar-refractivity contribution in [1.82, 2.24) is 9.88 Å². The number of ether oxygens (including phenoxy) is 2. The number of rotatable bonds is 7. The second-order valence-electron chi connectivity index (χ2n) is 8.34. The van der Waals surface area contributed by atoms with Crippen LogP contribution in [0.3, 0.4) is 0 Å². The lowest BCUT2D eigenvalue weighted by Crippen LogP contribution is -2.36. The van der Waals surface area contributed by atoms with Crippen LogP contribution in [0.25, 0.3) is 0 Å². The standard InChI is InChI=1S/C24H18Cl2N2O7S2/c1-34-15-6-10(3-5-14(15)35-9-11-2-4-12(25)7-13(11)26)17-18-20(36-21-19(17)37-24(33)27-21)23(32)28(22(18)31)8-16(29)30/h2-7,17-18,20H,8-9H2,1H3,(H,27,33)(H,29,30)/t17-,18?,20?/m1/s1. The fourth-order valence-corrected chi connectivity index (χ4v) is 7.52. The molecule has 0 aliphatic carbocycles. The van der Waals surface area contributed by atoms with Crippen molar-refractivity contribution in [3.63, 3.8) is 0 Å². The first kappa shape index (κ1) is 25.7. The SMILES string of the molecule is COc1cc([C@H]2c3sc(=O)[nH]c3SC3C(=O)N(CC(=O)O)C(=O)C32)ccc1OCc1ccc(Cl)cc1Cl. The number of likely N-dealkylation sites (tertiary alicyclic amines) is 1. The monoisotopic (exact) mass is 580 g/mol. The molecule has 0 spiro atoms. The molecule has 3 atom stereocenters. The van der Waals surface area contributed by atoms with Crippen LogP contribution in [0.1, 0.15) is 21.9 Å². The number of carboxylic acid groups (broad SMARTS) is 1. The van der Waals surface area contributed by atoms with Gasteiger partial charge in [0.2, 0.25) is 11.8 Å². The van der Waals surface area contributed by atoms with Crippen molar-refractivity contribution >= 4 is 64.1 Å². The lowest BCUT2D eigenvalue weighted by Gasteiger charge is -2.30. The van der Waals surface area contributed by atoms with E-state index in [2.05, 4.69) is 4.98 Å². The number of halogens is 2. The van der Waals surface area contributed by atoms with Crippen LogP contribution in [0.15, 0.2) is 46.2 Å². The number of hydrogen-bond acceptors (Lipinski definition) is 8. The second-order valence-corrected chi connectivity index (χ2v) is 11.4. The van der Waals surface area contributed by atoms with E-state index in [1.165, 1.54) is 7.11 Å². The minimum Gasteiger partial charge on any atom is -0.493 e. The van der Waals surface area contributed by atoms with Gasteiger partial charge in [0.1, 0.15) is 18.4 Å². The van der Waals surface area contributed by atoms with Gasteiger partial charge in [0.25, 0.3) is 0 Å². The Morgan fingerprint density at radius 1 is 1.11 bits per heavy atom. The number of H-pyrrole nitrogens is 1. The molecule has 0 bridgehead atoms. The van der Waals surface area contributed by atoms with Gasteiger partial charge in [-0.1, -0.05) is 58.4 Å². The summed E-state index contributed by atoms with van der Waals surface area (Å²) in [6, 6.07) is 10.2. The number of methoxy groups -OCH3 is 1. The molecule has 3 aromatic rings. The van der Waals surface area contributed by atoms with Gasteiger partial charge in [-0.15, -0.1) is 0 Å². The Morgan fingerprint density at radius 3 is 2.59 bits per heavy atom. The van der Waals surface area contributed by atoms with Gasteiger partial charge in [-0.3, -0.25) is 24.1 Å². The zero-order valence-corrected chi connectivity index (χ0v) is 22.2. The molecule has 1 fully saturated rings. The molecule has 2 aromatic carbocycles. The number of aromatic amines is 1. The first-order valence-electron chi connectivity index (χ1n) is 10.9. The van der Waals surface area contributed by atoms with Crippen LogP contribution in [-0.4, -0.2) is 51.7 Å². The molecule has 3 heterocycles. The Kier molecular flexibility index (Phi) is 6.97. The molecule has 1 aromatic heterocycles. The maximum atomic E-state index is 13.3. The molecule has 13 heteroatoms. The molecule has 0 saturated carbocycles. The molecule has 1 saturated heterocycles. The molecule has 37 heavy (non-hydrogen) atoms. The maximum absolute atomic E-state index is 13.3. The molecule has 2 amide bonds. The van der Waals surface area contributed by atoms with Gasteiger partial charge < -0.3 is 19.6 Å². The average Bonchev–Trinajstić information content (AvgIpc) is 3.33. The highest BCUT2D eigenvalue weighted by Gasteiger charge is 2.56. The van der Waals surface area contributed by atoms with Crippen LogP contribution >= 0.6 is 46.3 Å². The zero-order chi connectivity index (χ0) is 26.4. The Morgan fingerprint density at radius 2 is 1.89 bits per heavy atom. The largest absolute Gasteiger partial charge is 0.493 e. The summed E-state index contributed by atoms with van der Waals surface area (Å²) in [5, 5.41) is 9.82. The summed E-state index contributed by atoms with van der Waals surface area (Å²) in [5.74, 6) is -3.19. The highest BCUT2D eigenvalue weighted by molar-refractivity contribution is 8.00. The minimum atomic E-state index is -1.28. The van der Waals surface area contributed by atoms with Crippen molar-refractivity contribution in [3.8, 4) is 11.5 Å². The van der Waals surface area contributed by atoms with Gasteiger partial charge in [-0.05, 0) is 29.8 Å². The predicted molar refractivity (Wildman–Crippen MR) is 138 cm³/mol. The highest BCUT2D eigenvalue weighted by atomic mass is 35.5. The average molecular weight is 581 g/mol. The van der Waals surface area contributed by atoms with Crippen molar-refractivity contribution in [2.45, 2.75) is 22.8 Å². The summed E-state index contributed by atoms with van der Waals surface area (Å²) < 4.78 is 11.5. The van der Waals surface area contributed by atoms with E-state index < -0.39 is 41.4 Å². The molecule has 2 aliphatic rings. The number of imide groups is 1. The van der Waals surface area contributed by atoms with Crippen molar-refractivity contribution in [1.29, 1.82) is 0 Å². The van der Waals surface area contributed by atoms with Gasteiger partial charge in [-0.2, -0.15) is 0 Å². The number of benzene rings is 2. The Bertz CT molecular complexity index is 1490. The normalized spacial score (nSPS) is 20.5. The fourth-order valence-electron chi connectivity index (χ4n) is 4.52. The molecule has 5 rings (SSSR count). The highest BCUT2D eigenvalue weighted by Crippen LogP contribution is 2.53. The first-order valence-corrected chi connectivity index (χ1v) is 13.3. The second kappa shape index (κ2) is 10.1. The Hall–Kier alpha value is -2.99. The van der Waals surface area contributed by atoms with Crippen LogP contribution in [0, 0.1) is 5.92 Å². The van der Waals surface area contributed by atoms with Gasteiger partial charge >= 0.3 is 10.8 Å². The Balaban J connectivity index is 1.50. The van der Waals surface area contributed by atoms with Gasteiger partial charge in [0, 0.05) is 26.4 Å². The summed E-state index contributed by atoms with van der Waals surface area (Å²) >= 11 is 14.2. The van der Waals surface area contributed by atoms with Crippen molar-refractivity contribution in [3.05, 3.63) is 72.1 Å². The number of nitrogens with zero attached hydrogens (tertiary/aromatic N) is 1. The van der Waals surface area contributed by atoms with E-state index in [1.807, 2.05) is 0 Å². The van der Waals surface area contributed by atoms with Crippen molar-refractivity contribution < 1.29 is 29.0 Å². The van der Waals surface area contributed by atoms with Crippen LogP contribution in [0.5, 0.6) is 11.5 Å². The van der Waals surface area contributed by atoms with Crippen LogP contribution in [-0.2, 0) is 21.0 Å². The van der Waals surface area contributed by atoms with E-state index >= 15 is 0 Å². The van der Waals surface area contributed by atoms with Gasteiger partial charge in [-0.25, -0.2) is 0 Å². The quantitative estimate of drug-likeness (QED) is 0.401. The number of aliphatic carboxylic acids is 1. The molecule has 0 radical (unpaired) electrons. The maximum Gasteiger partial charge on any atom is 0.323 e. The minimum absolute atomic E-state index is 0.150. The van der Waals surface area contributed by atoms with E-state index in [9.17, 15) is 24.3 Å². The van der Waals surface area contributed by atoms with E-state index in [4.69, 9.17) is 32.7 Å². The number of nitrogens with one attached hydrogen (secondary N) is 1. The van der Waals surface area contributed by atoms with Crippen LogP contribution in [0.2, 0.25) is 10.0 Å². The third kappa shape index (κ3) is 4.72. The van der Waals surface area contributed by atoms with Gasteiger partial charge in [0.05, 0.1) is 18.1 Å². The lowest BCUT2D eigenvalue weighted by atomic mass is 9.83.